The quantitative estimate of drug-likeness (QED) is 0.488. The number of hydrogen-bond acceptors (Lipinski definition) is 5. The zero-order valence-corrected chi connectivity index (χ0v) is 23.8. The standard InChI is InChI=1S/C32H41N5O4/c1-22(33)30(39)34-29(25-15-9-4-10-16-25)32(41)36-21-28(38)37-26(19-24-13-7-3-8-14-24)31(40)35(20-27(36)37)18-17-23-11-5-2-6-12-23/h2-3,5-8,11-14,22,25-27,29H,4,9-10,15-21,33H2,1H3,(H,34,39)/t22-,26-,27+,29-/m0/s1. The Labute approximate surface area is 242 Å². The summed E-state index contributed by atoms with van der Waals surface area (Å²) in [5.41, 5.74) is 7.93. The zero-order chi connectivity index (χ0) is 28.9. The minimum Gasteiger partial charge on any atom is -0.343 e. The van der Waals surface area contributed by atoms with Crippen molar-refractivity contribution in [3.8, 4) is 0 Å². The number of hydrogen-bond donors (Lipinski definition) is 2. The maximum Gasteiger partial charge on any atom is 0.247 e. The fourth-order valence-electron chi connectivity index (χ4n) is 6.50. The lowest BCUT2D eigenvalue weighted by Gasteiger charge is -2.45. The van der Waals surface area contributed by atoms with Crippen LogP contribution in [0.15, 0.2) is 60.7 Å². The highest BCUT2D eigenvalue weighted by Crippen LogP contribution is 2.32. The van der Waals surface area contributed by atoms with Gasteiger partial charge in [0.1, 0.15) is 24.8 Å². The average molecular weight is 560 g/mol. The molecule has 2 heterocycles. The van der Waals surface area contributed by atoms with Crippen LogP contribution in [0.5, 0.6) is 0 Å². The molecular weight excluding hydrogens is 518 g/mol. The van der Waals surface area contributed by atoms with Crippen molar-refractivity contribution in [2.24, 2.45) is 11.7 Å². The van der Waals surface area contributed by atoms with E-state index in [0.717, 1.165) is 43.2 Å². The first-order valence-corrected chi connectivity index (χ1v) is 14.9. The van der Waals surface area contributed by atoms with Gasteiger partial charge in [-0.3, -0.25) is 19.2 Å². The first kappa shape index (κ1) is 28.8. The Bertz CT molecular complexity index is 1230. The summed E-state index contributed by atoms with van der Waals surface area (Å²) in [4.78, 5) is 59.4. The number of piperazine rings is 1. The van der Waals surface area contributed by atoms with Gasteiger partial charge in [-0.1, -0.05) is 79.9 Å². The molecule has 218 valence electrons. The van der Waals surface area contributed by atoms with Crippen LogP contribution in [0.1, 0.15) is 50.2 Å². The molecule has 1 saturated carbocycles. The highest BCUT2D eigenvalue weighted by atomic mass is 16.2. The second-order valence-corrected chi connectivity index (χ2v) is 11.6. The molecule has 1 aliphatic carbocycles. The van der Waals surface area contributed by atoms with E-state index >= 15 is 0 Å². The molecule has 3 N–H and O–H groups in total. The Kier molecular flexibility index (Phi) is 9.03. The van der Waals surface area contributed by atoms with E-state index in [2.05, 4.69) is 5.32 Å². The van der Waals surface area contributed by atoms with Crippen LogP contribution in [0, 0.1) is 5.92 Å². The number of amides is 4. The van der Waals surface area contributed by atoms with Gasteiger partial charge in [-0.25, -0.2) is 0 Å². The van der Waals surface area contributed by atoms with Crippen molar-refractivity contribution in [3.63, 3.8) is 0 Å². The van der Waals surface area contributed by atoms with E-state index in [1.165, 1.54) is 0 Å². The van der Waals surface area contributed by atoms with Gasteiger partial charge in [-0.2, -0.15) is 0 Å². The molecule has 2 aromatic carbocycles. The molecule has 3 aliphatic rings. The van der Waals surface area contributed by atoms with E-state index in [0.29, 0.717) is 19.4 Å². The minimum absolute atomic E-state index is 0.0115. The molecule has 2 aromatic rings. The number of carbonyl (C=O) groups excluding carboxylic acids is 4. The molecule has 4 amide bonds. The number of nitrogens with one attached hydrogen (secondary N) is 1. The van der Waals surface area contributed by atoms with Gasteiger partial charge in [-0.05, 0) is 43.2 Å². The average Bonchev–Trinajstić information content (AvgIpc) is 3.33. The fraction of sp³-hybridized carbons (Fsp3) is 0.500. The summed E-state index contributed by atoms with van der Waals surface area (Å²) in [6.07, 6.45) is 5.24. The lowest BCUT2D eigenvalue weighted by molar-refractivity contribution is -0.156. The summed E-state index contributed by atoms with van der Waals surface area (Å²) in [5, 5.41) is 2.93. The van der Waals surface area contributed by atoms with Crippen molar-refractivity contribution >= 4 is 23.6 Å². The largest absolute Gasteiger partial charge is 0.343 e. The van der Waals surface area contributed by atoms with Crippen LogP contribution in [-0.4, -0.2) is 82.3 Å². The number of nitrogens with zero attached hydrogens (tertiary/aromatic N) is 3. The number of benzene rings is 2. The zero-order valence-electron chi connectivity index (χ0n) is 23.8. The van der Waals surface area contributed by atoms with Crippen molar-refractivity contribution < 1.29 is 19.2 Å². The summed E-state index contributed by atoms with van der Waals surface area (Å²) in [5.74, 6) is -0.981. The summed E-state index contributed by atoms with van der Waals surface area (Å²) in [6.45, 7) is 2.23. The molecule has 9 nitrogen and oxygen atoms in total. The van der Waals surface area contributed by atoms with Crippen LogP contribution in [0.2, 0.25) is 0 Å². The smallest absolute Gasteiger partial charge is 0.247 e. The van der Waals surface area contributed by atoms with Crippen molar-refractivity contribution in [1.29, 1.82) is 0 Å². The number of nitrogens with two attached hydrogens (primary N) is 1. The van der Waals surface area contributed by atoms with Gasteiger partial charge in [0.15, 0.2) is 0 Å². The molecule has 41 heavy (non-hydrogen) atoms. The van der Waals surface area contributed by atoms with Crippen molar-refractivity contribution in [2.45, 2.75) is 76.2 Å². The number of carbonyl (C=O) groups is 4. The highest BCUT2D eigenvalue weighted by Gasteiger charge is 2.52. The van der Waals surface area contributed by atoms with Gasteiger partial charge < -0.3 is 25.8 Å². The molecule has 9 heteroatoms. The molecule has 3 fully saturated rings. The van der Waals surface area contributed by atoms with Gasteiger partial charge in [0.25, 0.3) is 0 Å². The molecule has 0 spiro atoms. The number of fused-ring (bicyclic) bond motifs is 1. The third kappa shape index (κ3) is 6.45. The Balaban J connectivity index is 1.43. The van der Waals surface area contributed by atoms with E-state index in [1.54, 1.807) is 21.6 Å². The van der Waals surface area contributed by atoms with E-state index in [-0.39, 0.29) is 42.6 Å². The molecule has 4 atom stereocenters. The predicted molar refractivity (Wildman–Crippen MR) is 155 cm³/mol. The van der Waals surface area contributed by atoms with Crippen LogP contribution >= 0.6 is 0 Å². The third-order valence-electron chi connectivity index (χ3n) is 8.76. The monoisotopic (exact) mass is 559 g/mol. The lowest BCUT2D eigenvalue weighted by Crippen LogP contribution is -2.66. The van der Waals surface area contributed by atoms with E-state index < -0.39 is 24.3 Å². The molecule has 2 saturated heterocycles. The number of rotatable bonds is 9. The molecule has 0 unspecified atom stereocenters. The van der Waals surface area contributed by atoms with Crippen molar-refractivity contribution in [1.82, 2.24) is 20.0 Å². The van der Waals surface area contributed by atoms with Crippen LogP contribution in [0.3, 0.4) is 0 Å². The molecule has 0 aromatic heterocycles. The Hall–Kier alpha value is -3.72. The SMILES string of the molecule is C[C@H](N)C(=O)N[C@H](C(=O)N1CC(=O)N2[C@@H]1CN(CCc1ccccc1)C(=O)[C@@H]2Cc1ccccc1)C1CCCCC1. The third-order valence-corrected chi connectivity index (χ3v) is 8.76. The fourth-order valence-corrected chi connectivity index (χ4v) is 6.50. The highest BCUT2D eigenvalue weighted by molar-refractivity contribution is 5.97. The minimum atomic E-state index is -0.748. The molecule has 0 bridgehead atoms. The Morgan fingerprint density at radius 2 is 1.59 bits per heavy atom. The van der Waals surface area contributed by atoms with E-state index in [4.69, 9.17) is 5.73 Å². The second-order valence-electron chi connectivity index (χ2n) is 11.6. The normalized spacial score (nSPS) is 22.8. The van der Waals surface area contributed by atoms with Crippen LogP contribution in [0.25, 0.3) is 0 Å². The summed E-state index contributed by atoms with van der Waals surface area (Å²) in [6, 6.07) is 17.5. The molecule has 2 aliphatic heterocycles. The van der Waals surface area contributed by atoms with Gasteiger partial charge in [-0.15, -0.1) is 0 Å². The maximum absolute atomic E-state index is 14.2. The summed E-state index contributed by atoms with van der Waals surface area (Å²) >= 11 is 0. The summed E-state index contributed by atoms with van der Waals surface area (Å²) in [7, 11) is 0. The second kappa shape index (κ2) is 12.9. The molecule has 0 radical (unpaired) electrons. The van der Waals surface area contributed by atoms with Crippen LogP contribution in [0.4, 0.5) is 0 Å². The van der Waals surface area contributed by atoms with Gasteiger partial charge in [0.2, 0.25) is 23.6 Å². The topological polar surface area (TPSA) is 116 Å². The summed E-state index contributed by atoms with van der Waals surface area (Å²) < 4.78 is 0. The van der Waals surface area contributed by atoms with E-state index in [1.807, 2.05) is 60.7 Å². The Morgan fingerprint density at radius 3 is 2.22 bits per heavy atom. The van der Waals surface area contributed by atoms with Crippen LogP contribution < -0.4 is 11.1 Å². The lowest BCUT2D eigenvalue weighted by atomic mass is 9.83. The molecular formula is C32H41N5O4. The predicted octanol–water partition coefficient (Wildman–Crippen LogP) is 2.09. The van der Waals surface area contributed by atoms with Gasteiger partial charge >= 0.3 is 0 Å². The maximum atomic E-state index is 14.2. The van der Waals surface area contributed by atoms with Gasteiger partial charge in [0.05, 0.1) is 12.6 Å². The van der Waals surface area contributed by atoms with Crippen molar-refractivity contribution in [3.05, 3.63) is 71.8 Å². The van der Waals surface area contributed by atoms with E-state index in [9.17, 15) is 19.2 Å². The van der Waals surface area contributed by atoms with Crippen molar-refractivity contribution in [2.75, 3.05) is 19.6 Å². The first-order chi connectivity index (χ1) is 19.8. The van der Waals surface area contributed by atoms with Gasteiger partial charge in [0, 0.05) is 13.0 Å². The Morgan fingerprint density at radius 1 is 0.951 bits per heavy atom. The molecule has 5 rings (SSSR count). The first-order valence-electron chi connectivity index (χ1n) is 14.9. The van der Waals surface area contributed by atoms with Crippen LogP contribution in [-0.2, 0) is 32.0 Å².